The van der Waals surface area contributed by atoms with Crippen molar-refractivity contribution < 1.29 is 0 Å². The van der Waals surface area contributed by atoms with E-state index >= 15 is 0 Å². The number of likely N-dealkylation sites (tertiary alicyclic amines) is 1. The van der Waals surface area contributed by atoms with Crippen LogP contribution in [0, 0.1) is 5.92 Å². The molecule has 2 N–H and O–H groups in total. The summed E-state index contributed by atoms with van der Waals surface area (Å²) in [5.41, 5.74) is 0.904. The fourth-order valence-corrected chi connectivity index (χ4v) is 3.45. The van der Waals surface area contributed by atoms with E-state index in [1.54, 1.807) is 11.8 Å². The number of halogens is 1. The van der Waals surface area contributed by atoms with Crippen LogP contribution in [-0.2, 0) is 0 Å². The molecular formula is C15H20ClN4S+. The summed E-state index contributed by atoms with van der Waals surface area (Å²) in [6.45, 7) is 5.34. The number of para-hydroxylation sites is 1. The molecule has 2 saturated heterocycles. The Labute approximate surface area is 134 Å². The van der Waals surface area contributed by atoms with Crippen LogP contribution >= 0.6 is 23.4 Å². The molecule has 3 rings (SSSR count). The number of thioether (sulfide) groups is 1. The van der Waals surface area contributed by atoms with Gasteiger partial charge < -0.3 is 5.32 Å². The Balaban J connectivity index is 1.89. The van der Waals surface area contributed by atoms with E-state index in [-0.39, 0.29) is 0 Å². The van der Waals surface area contributed by atoms with Crippen molar-refractivity contribution in [2.75, 3.05) is 30.7 Å². The maximum Gasteiger partial charge on any atom is 0.402 e. The first-order chi connectivity index (χ1) is 10.2. The zero-order chi connectivity index (χ0) is 14.7. The quantitative estimate of drug-likeness (QED) is 0.472. The monoisotopic (exact) mass is 323 g/mol. The number of amidine groups is 1. The van der Waals surface area contributed by atoms with Crippen LogP contribution in [-0.4, -0.2) is 41.4 Å². The summed E-state index contributed by atoms with van der Waals surface area (Å²) in [6, 6.07) is 7.79. The molecule has 0 aromatic heterocycles. The molecule has 2 fully saturated rings. The molecule has 0 amide bonds. The number of anilines is 1. The highest BCUT2D eigenvalue weighted by Gasteiger charge is 2.28. The second-order valence-corrected chi connectivity index (χ2v) is 6.95. The van der Waals surface area contributed by atoms with Crippen LogP contribution in [0.3, 0.4) is 0 Å². The van der Waals surface area contributed by atoms with Crippen LogP contribution in [0.2, 0.25) is 5.02 Å². The summed E-state index contributed by atoms with van der Waals surface area (Å²) < 4.78 is 4.77. The molecule has 0 spiro atoms. The van der Waals surface area contributed by atoms with Crippen molar-refractivity contribution in [3.05, 3.63) is 29.3 Å². The first-order valence-corrected chi connectivity index (χ1v) is 8.67. The summed E-state index contributed by atoms with van der Waals surface area (Å²) in [7, 11) is 0. The Bertz CT molecular complexity index is 575. The summed E-state index contributed by atoms with van der Waals surface area (Å²) >= 11 is 8.02. The number of guanidine groups is 1. The van der Waals surface area contributed by atoms with Crippen molar-refractivity contribution in [2.24, 2.45) is 5.92 Å². The van der Waals surface area contributed by atoms with E-state index in [2.05, 4.69) is 22.5 Å². The van der Waals surface area contributed by atoms with E-state index in [1.165, 1.54) is 6.42 Å². The maximum atomic E-state index is 6.26. The zero-order valence-electron chi connectivity index (χ0n) is 12.1. The molecule has 21 heavy (non-hydrogen) atoms. The minimum atomic E-state index is 0.706. The van der Waals surface area contributed by atoms with E-state index in [4.69, 9.17) is 16.3 Å². The highest BCUT2D eigenvalue weighted by molar-refractivity contribution is 8.14. The molecule has 1 aromatic rings. The lowest BCUT2D eigenvalue weighted by Gasteiger charge is -2.13. The Morgan fingerprint density at radius 1 is 1.48 bits per heavy atom. The van der Waals surface area contributed by atoms with Crippen molar-refractivity contribution in [1.29, 1.82) is 0 Å². The molecule has 1 atom stereocenters. The van der Waals surface area contributed by atoms with Gasteiger partial charge in [-0.05, 0) is 36.2 Å². The molecule has 1 aromatic carbocycles. The second-order valence-electron chi connectivity index (χ2n) is 5.46. The molecule has 0 saturated carbocycles. The van der Waals surface area contributed by atoms with Crippen molar-refractivity contribution in [3.63, 3.8) is 0 Å². The minimum absolute atomic E-state index is 0.706. The fourth-order valence-electron chi connectivity index (χ4n) is 2.51. The van der Waals surface area contributed by atoms with E-state index in [0.29, 0.717) is 5.92 Å². The number of hydrogen-bond donors (Lipinski definition) is 2. The van der Waals surface area contributed by atoms with Crippen LogP contribution < -0.4 is 15.3 Å². The molecule has 112 valence electrons. The van der Waals surface area contributed by atoms with Crippen LogP contribution in [0.15, 0.2) is 24.3 Å². The van der Waals surface area contributed by atoms with Crippen molar-refractivity contribution >= 4 is 40.2 Å². The van der Waals surface area contributed by atoms with Gasteiger partial charge in [0.1, 0.15) is 5.69 Å². The van der Waals surface area contributed by atoms with Gasteiger partial charge >= 0.3 is 11.1 Å². The zero-order valence-corrected chi connectivity index (χ0v) is 13.7. The predicted octanol–water partition coefficient (Wildman–Crippen LogP) is 2.21. The Kier molecular flexibility index (Phi) is 4.63. The average Bonchev–Trinajstić information content (AvgIpc) is 3.12. The molecule has 0 bridgehead atoms. The van der Waals surface area contributed by atoms with Gasteiger partial charge in [-0.15, -0.1) is 0 Å². The van der Waals surface area contributed by atoms with E-state index in [1.807, 2.05) is 24.3 Å². The number of benzene rings is 1. The SMILES string of the molecule is CC1CCN(C(=[N+]=C2NCCS2)Nc2ccccc2Cl)C1. The van der Waals surface area contributed by atoms with Crippen molar-refractivity contribution in [1.82, 2.24) is 14.9 Å². The van der Waals surface area contributed by atoms with Crippen LogP contribution in [0.4, 0.5) is 5.69 Å². The normalized spacial score (nSPS) is 21.1. The first-order valence-electron chi connectivity index (χ1n) is 7.31. The van der Waals surface area contributed by atoms with Crippen molar-refractivity contribution in [3.8, 4) is 0 Å². The number of nitrogens with zero attached hydrogens (tertiary/aromatic N) is 2. The van der Waals surface area contributed by atoms with Crippen LogP contribution in [0.25, 0.3) is 0 Å². The molecule has 4 nitrogen and oxygen atoms in total. The van der Waals surface area contributed by atoms with Gasteiger partial charge in [-0.25, -0.2) is 4.67 Å². The van der Waals surface area contributed by atoms with Crippen LogP contribution in [0.1, 0.15) is 13.3 Å². The van der Waals surface area contributed by atoms with Gasteiger partial charge in [0.05, 0.1) is 24.7 Å². The predicted molar refractivity (Wildman–Crippen MR) is 93.0 cm³/mol. The Morgan fingerprint density at radius 3 is 3.00 bits per heavy atom. The lowest BCUT2D eigenvalue weighted by atomic mass is 10.2. The smallest absolute Gasteiger partial charge is 0.302 e. The number of nitrogens with one attached hydrogen (secondary N) is 2. The third kappa shape index (κ3) is 3.67. The molecule has 6 heteroatoms. The molecule has 0 radical (unpaired) electrons. The first kappa shape index (κ1) is 14.6. The minimum Gasteiger partial charge on any atom is -0.302 e. The summed E-state index contributed by atoms with van der Waals surface area (Å²) in [4.78, 5) is 2.31. The topological polar surface area (TPSA) is 41.4 Å². The van der Waals surface area contributed by atoms with E-state index in [9.17, 15) is 0 Å². The highest BCUT2D eigenvalue weighted by atomic mass is 35.5. The van der Waals surface area contributed by atoms with E-state index < -0.39 is 0 Å². The molecule has 1 unspecified atom stereocenters. The lowest BCUT2D eigenvalue weighted by molar-refractivity contribution is 0.492. The standard InChI is InChI=1S/C15H19ClN4S/c1-11-6-8-20(10-11)14(19-15-17-7-9-21-15)18-13-5-3-2-4-12(13)16/h2-5,11H,6-10H2,1H3,(H,17,18,19)/p+1. The summed E-state index contributed by atoms with van der Waals surface area (Å²) in [6.07, 6.45) is 1.21. The average molecular weight is 324 g/mol. The Morgan fingerprint density at radius 2 is 2.33 bits per heavy atom. The number of rotatable bonds is 1. The van der Waals surface area contributed by atoms with Gasteiger partial charge in [0.15, 0.2) is 0 Å². The van der Waals surface area contributed by atoms with E-state index in [0.717, 1.165) is 47.2 Å². The summed E-state index contributed by atoms with van der Waals surface area (Å²) in [5, 5.41) is 8.43. The van der Waals surface area contributed by atoms with Gasteiger partial charge in [0, 0.05) is 5.75 Å². The van der Waals surface area contributed by atoms with Gasteiger partial charge in [-0.3, -0.25) is 10.2 Å². The largest absolute Gasteiger partial charge is 0.402 e. The molecule has 0 aliphatic carbocycles. The van der Waals surface area contributed by atoms with Crippen molar-refractivity contribution in [2.45, 2.75) is 13.3 Å². The Hall–Kier alpha value is -1.29. The van der Waals surface area contributed by atoms with Gasteiger partial charge in [-0.2, -0.15) is 0 Å². The van der Waals surface area contributed by atoms with Gasteiger partial charge in [0.2, 0.25) is 0 Å². The van der Waals surface area contributed by atoms with Gasteiger partial charge in [-0.1, -0.05) is 30.7 Å². The summed E-state index contributed by atoms with van der Waals surface area (Å²) in [5.74, 6) is 2.68. The third-order valence-electron chi connectivity index (χ3n) is 3.67. The second kappa shape index (κ2) is 6.65. The maximum absolute atomic E-state index is 6.26. The third-order valence-corrected chi connectivity index (χ3v) is 4.92. The van der Waals surface area contributed by atoms with Gasteiger partial charge in [0.25, 0.3) is 0 Å². The lowest BCUT2D eigenvalue weighted by Crippen LogP contribution is -2.38. The number of hydrogen-bond acceptors (Lipinski definition) is 1. The molecule has 2 aliphatic heterocycles. The molecule has 2 heterocycles. The molecule has 2 aliphatic rings. The highest BCUT2D eigenvalue weighted by Crippen LogP contribution is 2.22. The van der Waals surface area contributed by atoms with Crippen LogP contribution in [0.5, 0.6) is 0 Å². The molecular weight excluding hydrogens is 304 g/mol. The fraction of sp³-hybridized carbons (Fsp3) is 0.467.